The van der Waals surface area contributed by atoms with Crippen LogP contribution in [0.2, 0.25) is 5.02 Å². The van der Waals surface area contributed by atoms with Gasteiger partial charge in [0, 0.05) is 12.3 Å². The number of pyridine rings is 1. The lowest BCUT2D eigenvalue weighted by Gasteiger charge is -2.09. The number of rotatable bonds is 5. The lowest BCUT2D eigenvalue weighted by atomic mass is 10.2. The molecule has 5 rings (SSSR count). The lowest BCUT2D eigenvalue weighted by Crippen LogP contribution is -2.20. The van der Waals surface area contributed by atoms with Gasteiger partial charge in [-0.1, -0.05) is 54.1 Å². The molecule has 0 fully saturated rings. The molecule has 1 N–H and O–H groups in total. The molecule has 0 aliphatic heterocycles. The maximum absolute atomic E-state index is 13.0. The number of nitrogens with one attached hydrogen (secondary N) is 1. The molecular weight excluding hydrogens is 426 g/mol. The third-order valence-corrected chi connectivity index (χ3v) is 5.43. The van der Waals surface area contributed by atoms with E-state index in [0.29, 0.717) is 33.9 Å². The molecule has 2 aromatic heterocycles. The Morgan fingerprint density at radius 1 is 0.844 bits per heavy atom. The molecule has 0 aliphatic carbocycles. The maximum Gasteiger partial charge on any atom is 0.280 e. The van der Waals surface area contributed by atoms with Gasteiger partial charge in [-0.3, -0.25) is 14.7 Å². The van der Waals surface area contributed by atoms with Crippen LogP contribution in [0.15, 0.2) is 101 Å². The second-order valence-electron chi connectivity index (χ2n) is 7.33. The van der Waals surface area contributed by atoms with Crippen LogP contribution in [0.1, 0.15) is 5.56 Å². The summed E-state index contributed by atoms with van der Waals surface area (Å²) in [6.45, 7) is 0.303. The number of hydrogen-bond acceptors (Lipinski definition) is 3. The quantitative estimate of drug-likeness (QED) is 0.416. The van der Waals surface area contributed by atoms with Gasteiger partial charge in [-0.15, -0.1) is 0 Å². The molecular formula is C25H18ClN3O3. The minimum absolute atomic E-state index is 0.223. The zero-order chi connectivity index (χ0) is 22.1. The van der Waals surface area contributed by atoms with Crippen LogP contribution in [0, 0.1) is 0 Å². The van der Waals surface area contributed by atoms with Gasteiger partial charge in [-0.05, 0) is 42.0 Å². The van der Waals surface area contributed by atoms with Gasteiger partial charge in [0.25, 0.3) is 11.1 Å². The highest BCUT2D eigenvalue weighted by molar-refractivity contribution is 6.32. The van der Waals surface area contributed by atoms with Gasteiger partial charge in [0.2, 0.25) is 0 Å². The van der Waals surface area contributed by atoms with E-state index in [9.17, 15) is 9.59 Å². The van der Waals surface area contributed by atoms with Crippen LogP contribution < -0.4 is 15.9 Å². The Hall–Kier alpha value is -4.03. The molecule has 158 valence electrons. The van der Waals surface area contributed by atoms with Crippen LogP contribution in [0.4, 0.5) is 0 Å². The average Bonchev–Trinajstić information content (AvgIpc) is 3.10. The van der Waals surface area contributed by atoms with E-state index < -0.39 is 0 Å². The predicted molar refractivity (Wildman–Crippen MR) is 125 cm³/mol. The molecule has 3 aromatic carbocycles. The van der Waals surface area contributed by atoms with E-state index in [4.69, 9.17) is 16.3 Å². The maximum atomic E-state index is 13.0. The van der Waals surface area contributed by atoms with Crippen molar-refractivity contribution >= 4 is 22.5 Å². The Bertz CT molecular complexity index is 1530. The zero-order valence-electron chi connectivity index (χ0n) is 16.9. The van der Waals surface area contributed by atoms with Crippen molar-refractivity contribution in [3.63, 3.8) is 0 Å². The van der Waals surface area contributed by atoms with Crippen molar-refractivity contribution in [2.75, 3.05) is 0 Å². The number of aromatic nitrogens is 3. The standard InChI is InChI=1S/C25H18ClN3O3/c26-21-11-4-5-12-23(21)29-25(31)20-16-28(24(30)14-22(20)27-29)15-17-7-6-10-19(13-17)32-18-8-2-1-3-9-18/h1-14,16,27H,15H2. The third kappa shape index (κ3) is 3.84. The number of para-hydroxylation sites is 2. The summed E-state index contributed by atoms with van der Waals surface area (Å²) >= 11 is 6.24. The molecule has 0 radical (unpaired) electrons. The Morgan fingerprint density at radius 3 is 2.41 bits per heavy atom. The summed E-state index contributed by atoms with van der Waals surface area (Å²) in [4.78, 5) is 25.7. The number of ether oxygens (including phenoxy) is 1. The van der Waals surface area contributed by atoms with Crippen molar-refractivity contribution < 1.29 is 4.74 Å². The molecule has 0 unspecified atom stereocenters. The van der Waals surface area contributed by atoms with Gasteiger partial charge < -0.3 is 9.30 Å². The highest BCUT2D eigenvalue weighted by Crippen LogP contribution is 2.22. The molecule has 0 bridgehead atoms. The van der Waals surface area contributed by atoms with Gasteiger partial charge in [0.05, 0.1) is 28.2 Å². The van der Waals surface area contributed by atoms with Crippen molar-refractivity contribution in [1.82, 2.24) is 14.3 Å². The van der Waals surface area contributed by atoms with Crippen LogP contribution >= 0.6 is 11.6 Å². The van der Waals surface area contributed by atoms with E-state index in [0.717, 1.165) is 11.3 Å². The van der Waals surface area contributed by atoms with Crippen LogP contribution in [-0.4, -0.2) is 14.3 Å². The van der Waals surface area contributed by atoms with E-state index >= 15 is 0 Å². The van der Waals surface area contributed by atoms with Crippen molar-refractivity contribution in [3.8, 4) is 17.2 Å². The molecule has 2 heterocycles. The van der Waals surface area contributed by atoms with Gasteiger partial charge in [0.15, 0.2) is 0 Å². The summed E-state index contributed by atoms with van der Waals surface area (Å²) in [6.07, 6.45) is 1.58. The number of hydrogen-bond donors (Lipinski definition) is 1. The molecule has 7 heteroatoms. The first kappa shape index (κ1) is 19.9. The number of H-pyrrole nitrogens is 1. The second-order valence-corrected chi connectivity index (χ2v) is 7.74. The Labute approximate surface area is 187 Å². The third-order valence-electron chi connectivity index (χ3n) is 5.12. The van der Waals surface area contributed by atoms with Crippen molar-refractivity contribution in [3.05, 3.63) is 122 Å². The summed E-state index contributed by atoms with van der Waals surface area (Å²) in [5.41, 5.74) is 1.36. The van der Waals surface area contributed by atoms with Gasteiger partial charge in [-0.2, -0.15) is 0 Å². The van der Waals surface area contributed by atoms with Gasteiger partial charge in [0.1, 0.15) is 11.5 Å². The molecule has 5 aromatic rings. The number of fused-ring (bicyclic) bond motifs is 1. The van der Waals surface area contributed by atoms with Gasteiger partial charge >= 0.3 is 0 Å². The SMILES string of the molecule is O=c1cc2[nH]n(-c3ccccc3Cl)c(=O)c2cn1Cc1cccc(Oc2ccccc2)c1. The van der Waals surface area contributed by atoms with E-state index in [2.05, 4.69) is 5.10 Å². The van der Waals surface area contributed by atoms with Crippen LogP contribution in [0.25, 0.3) is 16.6 Å². The Morgan fingerprint density at radius 2 is 1.59 bits per heavy atom. The molecule has 0 amide bonds. The largest absolute Gasteiger partial charge is 0.457 e. The Kier molecular flexibility index (Phi) is 5.13. The molecule has 32 heavy (non-hydrogen) atoms. The predicted octanol–water partition coefficient (Wildman–Crippen LogP) is 4.97. The molecule has 0 atom stereocenters. The molecule has 0 spiro atoms. The summed E-state index contributed by atoms with van der Waals surface area (Å²) < 4.78 is 8.74. The van der Waals surface area contributed by atoms with E-state index in [1.165, 1.54) is 15.3 Å². The molecule has 0 aliphatic rings. The summed E-state index contributed by atoms with van der Waals surface area (Å²) in [7, 11) is 0. The first-order valence-corrected chi connectivity index (χ1v) is 10.4. The van der Waals surface area contributed by atoms with Crippen molar-refractivity contribution in [2.24, 2.45) is 0 Å². The number of halogens is 1. The second kappa shape index (κ2) is 8.24. The normalized spacial score (nSPS) is 11.0. The average molecular weight is 444 g/mol. The minimum atomic E-state index is -0.275. The number of nitrogens with zero attached hydrogens (tertiary/aromatic N) is 2. The van der Waals surface area contributed by atoms with Gasteiger partial charge in [-0.25, -0.2) is 4.68 Å². The summed E-state index contributed by atoms with van der Waals surface area (Å²) in [6, 6.07) is 25.5. The van der Waals surface area contributed by atoms with E-state index in [1.807, 2.05) is 54.6 Å². The fraction of sp³-hybridized carbons (Fsp3) is 0.0400. The fourth-order valence-corrected chi connectivity index (χ4v) is 3.80. The van der Waals surface area contributed by atoms with E-state index in [-0.39, 0.29) is 11.1 Å². The highest BCUT2D eigenvalue weighted by atomic mass is 35.5. The van der Waals surface area contributed by atoms with Crippen LogP contribution in [-0.2, 0) is 6.54 Å². The van der Waals surface area contributed by atoms with Crippen LogP contribution in [0.5, 0.6) is 11.5 Å². The first-order valence-electron chi connectivity index (χ1n) is 10.0. The molecule has 0 saturated heterocycles. The topological polar surface area (TPSA) is 69.0 Å². The van der Waals surface area contributed by atoms with Crippen molar-refractivity contribution in [1.29, 1.82) is 0 Å². The van der Waals surface area contributed by atoms with Crippen molar-refractivity contribution in [2.45, 2.75) is 6.54 Å². The smallest absolute Gasteiger partial charge is 0.280 e. The first-order chi connectivity index (χ1) is 15.6. The minimum Gasteiger partial charge on any atom is -0.457 e. The monoisotopic (exact) mass is 443 g/mol. The van der Waals surface area contributed by atoms with E-state index in [1.54, 1.807) is 30.5 Å². The lowest BCUT2D eigenvalue weighted by molar-refractivity contribution is 0.481. The highest BCUT2D eigenvalue weighted by Gasteiger charge is 2.13. The molecule has 0 saturated carbocycles. The summed E-state index contributed by atoms with van der Waals surface area (Å²) in [5, 5.41) is 3.82. The molecule has 6 nitrogen and oxygen atoms in total. The summed E-state index contributed by atoms with van der Waals surface area (Å²) in [5.74, 6) is 1.40. The number of benzene rings is 3. The van der Waals surface area contributed by atoms with Crippen LogP contribution in [0.3, 0.4) is 0 Å². The fourth-order valence-electron chi connectivity index (χ4n) is 3.58. The Balaban J connectivity index is 1.49. The number of aromatic amines is 1. The zero-order valence-corrected chi connectivity index (χ0v) is 17.6.